The van der Waals surface area contributed by atoms with Crippen LogP contribution in [0.3, 0.4) is 0 Å². The van der Waals surface area contributed by atoms with Crippen molar-refractivity contribution < 1.29 is 65.7 Å². The van der Waals surface area contributed by atoms with Gasteiger partial charge in [0.05, 0.1) is 19.8 Å². The summed E-state index contributed by atoms with van der Waals surface area (Å²) in [5.41, 5.74) is 0. The van der Waals surface area contributed by atoms with E-state index < -0.39 is 40.3 Å². The first-order valence-corrected chi connectivity index (χ1v) is 30.5. The van der Waals surface area contributed by atoms with Crippen molar-refractivity contribution in [2.45, 2.75) is 270 Å². The molecule has 0 aliphatic carbocycles. The van der Waals surface area contributed by atoms with E-state index in [0.717, 1.165) is 90.6 Å². The van der Waals surface area contributed by atoms with Gasteiger partial charge in [0.25, 0.3) is 0 Å². The number of hydrogen-bond acceptors (Lipinski definition) is 12. The van der Waals surface area contributed by atoms with E-state index in [1.54, 1.807) is 0 Å². The van der Waals surface area contributed by atoms with Crippen LogP contribution in [0.5, 0.6) is 0 Å². The first-order valence-electron chi connectivity index (χ1n) is 27.5. The number of Topliss-reactive ketones (excluding diaryl/α,β-unsaturated/α-hetero) is 2. The molecule has 0 bridgehead atoms. The second-order valence-electron chi connectivity index (χ2n) is 18.8. The first kappa shape index (κ1) is 67.2. The molecule has 0 fully saturated rings. The van der Waals surface area contributed by atoms with Crippen LogP contribution in [0, 0.1) is 0 Å². The maximum absolute atomic E-state index is 12.8. The lowest BCUT2D eigenvalue weighted by atomic mass is 10.0. The van der Waals surface area contributed by atoms with Gasteiger partial charge in [-0.15, -0.1) is 0 Å². The summed E-state index contributed by atoms with van der Waals surface area (Å²) in [7, 11) is -7.41. The SMILES string of the molecule is CCCCCCCC/C=C\CCCCCCCC(=O)O[C@H](COC(=O)CCCCCCCCCCCCCCC)COP(=O)(O)OCCCC(=O)CCCC(=O)CCCCCCCOP(=O)(O)OC. The molecule has 3 atom stereocenters. The molecule has 0 spiro atoms. The standard InChI is InChI=1S/C53H100O14P2/c1-4-6-8-10-12-14-16-18-19-21-23-25-27-31-35-44-53(57)67-51(47-63-52(56)43-34-30-26-24-22-20-17-15-13-11-9-7-5-2)48-66-69(60,61)65-46-38-42-50(55)41-37-40-49(54)39-33-29-28-32-36-45-64-68(58,59)62-3/h18-19,51H,4-17,20-48H2,1-3H3,(H,58,59)(H,60,61)/b19-18-/t51-/m1/s1. The zero-order valence-corrected chi connectivity index (χ0v) is 45.6. The van der Waals surface area contributed by atoms with Crippen molar-refractivity contribution in [3.05, 3.63) is 12.2 Å². The third-order valence-electron chi connectivity index (χ3n) is 12.1. The van der Waals surface area contributed by atoms with E-state index in [1.807, 2.05) is 0 Å². The Bertz CT molecular complexity index is 1380. The molecule has 0 aromatic rings. The van der Waals surface area contributed by atoms with E-state index in [0.29, 0.717) is 38.5 Å². The van der Waals surface area contributed by atoms with Crippen LogP contribution in [0.2, 0.25) is 0 Å². The molecule has 69 heavy (non-hydrogen) atoms. The van der Waals surface area contributed by atoms with Gasteiger partial charge in [-0.25, -0.2) is 9.13 Å². The number of esters is 2. The predicted molar refractivity (Wildman–Crippen MR) is 276 cm³/mol. The lowest BCUT2D eigenvalue weighted by Gasteiger charge is -2.20. The number of ketones is 2. The van der Waals surface area contributed by atoms with Gasteiger partial charge >= 0.3 is 27.6 Å². The summed E-state index contributed by atoms with van der Waals surface area (Å²) in [5.74, 6) is -0.914. The van der Waals surface area contributed by atoms with E-state index in [-0.39, 0.29) is 63.5 Å². The number of phosphoric ester groups is 2. The van der Waals surface area contributed by atoms with E-state index in [4.69, 9.17) is 23.0 Å². The topological polar surface area (TPSA) is 198 Å². The Morgan fingerprint density at radius 3 is 1.29 bits per heavy atom. The van der Waals surface area contributed by atoms with Crippen molar-refractivity contribution >= 4 is 39.2 Å². The van der Waals surface area contributed by atoms with Gasteiger partial charge in [0.15, 0.2) is 6.10 Å². The Hall–Kier alpha value is -1.76. The molecule has 0 aromatic heterocycles. The van der Waals surface area contributed by atoms with Gasteiger partial charge in [-0.2, -0.15) is 0 Å². The van der Waals surface area contributed by atoms with Gasteiger partial charge in [0.2, 0.25) is 0 Å². The van der Waals surface area contributed by atoms with Gasteiger partial charge in [-0.3, -0.25) is 37.3 Å². The Labute approximate surface area is 419 Å². The molecule has 0 aliphatic rings. The number of unbranched alkanes of at least 4 members (excludes halogenated alkanes) is 27. The molecule has 0 radical (unpaired) electrons. The smallest absolute Gasteiger partial charge is 0.462 e. The normalized spacial score (nSPS) is 13.9. The van der Waals surface area contributed by atoms with Gasteiger partial charge in [-0.1, -0.05) is 174 Å². The summed E-state index contributed by atoms with van der Waals surface area (Å²) >= 11 is 0. The first-order chi connectivity index (χ1) is 33.3. The highest BCUT2D eigenvalue weighted by atomic mass is 31.2. The molecule has 0 saturated heterocycles. The van der Waals surface area contributed by atoms with E-state index in [2.05, 4.69) is 30.5 Å². The monoisotopic (exact) mass is 1020 g/mol. The molecule has 0 saturated carbocycles. The second-order valence-corrected chi connectivity index (χ2v) is 21.8. The highest BCUT2D eigenvalue weighted by Crippen LogP contribution is 2.44. The average molecular weight is 1020 g/mol. The van der Waals surface area contributed by atoms with Gasteiger partial charge in [0, 0.05) is 45.6 Å². The maximum Gasteiger partial charge on any atom is 0.472 e. The maximum atomic E-state index is 12.8. The number of hydrogen-bond donors (Lipinski definition) is 2. The Kier molecular flexibility index (Phi) is 47.3. The van der Waals surface area contributed by atoms with E-state index in [1.165, 1.54) is 96.3 Å². The zero-order chi connectivity index (χ0) is 50.9. The highest BCUT2D eigenvalue weighted by Gasteiger charge is 2.26. The number of ether oxygens (including phenoxy) is 2. The minimum Gasteiger partial charge on any atom is -0.462 e. The number of rotatable bonds is 54. The van der Waals surface area contributed by atoms with Crippen LogP contribution in [0.25, 0.3) is 0 Å². The lowest BCUT2D eigenvalue weighted by Crippen LogP contribution is -2.29. The highest BCUT2D eigenvalue weighted by molar-refractivity contribution is 7.47. The third-order valence-corrected chi connectivity index (χ3v) is 14.1. The number of carbonyl (C=O) groups is 4. The van der Waals surface area contributed by atoms with Crippen LogP contribution in [-0.4, -0.2) is 72.9 Å². The Balaban J connectivity index is 4.57. The van der Waals surface area contributed by atoms with Crippen molar-refractivity contribution in [1.82, 2.24) is 0 Å². The summed E-state index contributed by atoms with van der Waals surface area (Å²) in [6.07, 6.45) is 39.8. The van der Waals surface area contributed by atoms with Crippen LogP contribution >= 0.6 is 15.6 Å². The summed E-state index contributed by atoms with van der Waals surface area (Å²) in [4.78, 5) is 69.7. The molecule has 0 aliphatic heterocycles. The summed E-state index contributed by atoms with van der Waals surface area (Å²) in [6.45, 7) is 3.57. The quantitative estimate of drug-likeness (QED) is 0.0252. The minimum absolute atomic E-state index is 0.0814. The Morgan fingerprint density at radius 2 is 0.797 bits per heavy atom. The van der Waals surface area contributed by atoms with Gasteiger partial charge < -0.3 is 19.3 Å². The van der Waals surface area contributed by atoms with Crippen LogP contribution in [0.1, 0.15) is 264 Å². The van der Waals surface area contributed by atoms with Crippen molar-refractivity contribution in [3.63, 3.8) is 0 Å². The second kappa shape index (κ2) is 48.5. The van der Waals surface area contributed by atoms with Crippen LogP contribution in [0.15, 0.2) is 12.2 Å². The average Bonchev–Trinajstić information content (AvgIpc) is 3.32. The molecule has 16 heteroatoms. The van der Waals surface area contributed by atoms with Crippen LogP contribution < -0.4 is 0 Å². The van der Waals surface area contributed by atoms with Crippen molar-refractivity contribution in [1.29, 1.82) is 0 Å². The third kappa shape index (κ3) is 49.6. The number of carbonyl (C=O) groups excluding carboxylic acids is 4. The molecular weight excluding hydrogens is 923 g/mol. The van der Waals surface area contributed by atoms with Crippen LogP contribution in [-0.2, 0) is 55.9 Å². The molecule has 0 rings (SSSR count). The zero-order valence-electron chi connectivity index (χ0n) is 43.8. The molecule has 14 nitrogen and oxygen atoms in total. The van der Waals surface area contributed by atoms with Crippen molar-refractivity contribution in [3.8, 4) is 0 Å². The van der Waals surface area contributed by atoms with Gasteiger partial charge in [-0.05, 0) is 64.2 Å². The van der Waals surface area contributed by atoms with E-state index >= 15 is 0 Å². The Morgan fingerprint density at radius 1 is 0.420 bits per heavy atom. The number of allylic oxidation sites excluding steroid dienone is 2. The molecule has 406 valence electrons. The van der Waals surface area contributed by atoms with Crippen molar-refractivity contribution in [2.24, 2.45) is 0 Å². The molecule has 0 aromatic carbocycles. The lowest BCUT2D eigenvalue weighted by molar-refractivity contribution is -0.161. The minimum atomic E-state index is -4.58. The fraction of sp³-hybridized carbons (Fsp3) is 0.887. The molecule has 0 amide bonds. The fourth-order valence-corrected chi connectivity index (χ4v) is 9.08. The molecule has 2 N–H and O–H groups in total. The fourth-order valence-electron chi connectivity index (χ4n) is 7.83. The molecule has 2 unspecified atom stereocenters. The summed E-state index contributed by atoms with van der Waals surface area (Å²) in [6, 6.07) is 0. The predicted octanol–water partition coefficient (Wildman–Crippen LogP) is 15.3. The number of phosphoric acid groups is 2. The largest absolute Gasteiger partial charge is 0.472 e. The summed E-state index contributed by atoms with van der Waals surface area (Å²) < 4.78 is 54.4. The van der Waals surface area contributed by atoms with Crippen molar-refractivity contribution in [2.75, 3.05) is 33.5 Å². The van der Waals surface area contributed by atoms with Crippen LogP contribution in [0.4, 0.5) is 0 Å². The molecular formula is C53H100O14P2. The van der Waals surface area contributed by atoms with E-state index in [9.17, 15) is 38.1 Å². The van der Waals surface area contributed by atoms with Gasteiger partial charge in [0.1, 0.15) is 18.2 Å². The summed E-state index contributed by atoms with van der Waals surface area (Å²) in [5, 5.41) is 0. The molecule has 0 heterocycles.